The van der Waals surface area contributed by atoms with E-state index in [2.05, 4.69) is 5.32 Å². The van der Waals surface area contributed by atoms with Crippen molar-refractivity contribution >= 4 is 0 Å². The molecule has 286 valence electrons. The molecule has 2 N–H and O–H groups in total. The van der Waals surface area contributed by atoms with E-state index in [0.29, 0.717) is 51.4 Å². The van der Waals surface area contributed by atoms with Gasteiger partial charge in [0.25, 0.3) is 5.79 Å². The van der Waals surface area contributed by atoms with E-state index in [1.807, 2.05) is 13.8 Å². The van der Waals surface area contributed by atoms with Crippen LogP contribution in [0.5, 0.6) is 0 Å². The van der Waals surface area contributed by atoms with Crippen LogP contribution >= 0.6 is 0 Å². The van der Waals surface area contributed by atoms with Crippen LogP contribution in [0.3, 0.4) is 0 Å². The number of halogens is 6. The molecule has 0 aromatic rings. The van der Waals surface area contributed by atoms with Crippen molar-refractivity contribution in [2.24, 2.45) is 41.4 Å². The zero-order valence-electron chi connectivity index (χ0n) is 29.0. The van der Waals surface area contributed by atoms with Crippen molar-refractivity contribution in [1.29, 1.82) is 0 Å². The van der Waals surface area contributed by atoms with Crippen molar-refractivity contribution in [2.75, 3.05) is 19.7 Å². The second-order valence-electron chi connectivity index (χ2n) is 16.0. The highest BCUT2D eigenvalue weighted by Crippen LogP contribution is 2.63. The predicted molar refractivity (Wildman–Crippen MR) is 160 cm³/mol. The zero-order chi connectivity index (χ0) is 36.1. The highest BCUT2D eigenvalue weighted by atomic mass is 19.4. The zero-order valence-corrected chi connectivity index (χ0v) is 29.0. The van der Waals surface area contributed by atoms with Gasteiger partial charge in [0.1, 0.15) is 0 Å². The van der Waals surface area contributed by atoms with Gasteiger partial charge in [-0.1, -0.05) is 20.8 Å². The quantitative estimate of drug-likeness (QED) is 0.123. The molecule has 2 saturated carbocycles. The summed E-state index contributed by atoms with van der Waals surface area (Å²) in [5.74, 6) is -8.83. The molecule has 8 aliphatic rings. The molecular formula is C34H49F6NO9. The molecule has 6 heterocycles. The molecule has 2 bridgehead atoms. The van der Waals surface area contributed by atoms with Gasteiger partial charge in [0.2, 0.25) is 17.8 Å². The van der Waals surface area contributed by atoms with Gasteiger partial charge in [-0.05, 0) is 82.1 Å². The molecule has 0 aromatic carbocycles. The Morgan fingerprint density at radius 2 is 1.54 bits per heavy atom. The monoisotopic (exact) mass is 729 g/mol. The Kier molecular flexibility index (Phi) is 9.40. The van der Waals surface area contributed by atoms with E-state index in [1.54, 1.807) is 13.8 Å². The molecule has 5 saturated heterocycles. The summed E-state index contributed by atoms with van der Waals surface area (Å²) < 4.78 is 118. The molecule has 1 spiro atoms. The minimum Gasteiger partial charge on any atom is -0.456 e. The molecule has 10 nitrogen and oxygen atoms in total. The summed E-state index contributed by atoms with van der Waals surface area (Å²) in [6.45, 7) is 7.62. The lowest BCUT2D eigenvalue weighted by Crippen LogP contribution is -2.74. The van der Waals surface area contributed by atoms with Crippen LogP contribution in [0, 0.1) is 41.4 Å². The van der Waals surface area contributed by atoms with Crippen molar-refractivity contribution < 1.29 is 69.9 Å². The summed E-state index contributed by atoms with van der Waals surface area (Å²) in [4.78, 5) is 16.9. The fraction of sp³-hybridized carbons (Fsp3) is 0.941. The number of hydrogen-bond donors (Lipinski definition) is 2. The lowest BCUT2D eigenvalue weighted by Gasteiger charge is -2.60. The lowest BCUT2D eigenvalue weighted by atomic mass is 9.56. The molecular weight excluding hydrogens is 680 g/mol. The second kappa shape index (κ2) is 12.7. The van der Waals surface area contributed by atoms with Crippen molar-refractivity contribution in [3.8, 4) is 0 Å². The molecule has 8 rings (SSSR count). The Morgan fingerprint density at radius 1 is 0.840 bits per heavy atom. The third-order valence-corrected chi connectivity index (χ3v) is 13.2. The third-order valence-electron chi connectivity index (χ3n) is 13.2. The van der Waals surface area contributed by atoms with Gasteiger partial charge in [-0.2, -0.15) is 26.3 Å². The van der Waals surface area contributed by atoms with Crippen molar-refractivity contribution in [3.05, 3.63) is 11.3 Å². The molecule has 0 amide bonds. The number of fused-ring (bicyclic) bond motifs is 2. The van der Waals surface area contributed by atoms with Gasteiger partial charge in [-0.3, -0.25) is 5.26 Å². The standard InChI is InChI=1S/C34H49F6NO9/c1-17-6-9-24-20(4)32(34(38,39)40,47-27-30(24,48-42)22(17)11-8-19(3)44-27)43-15-14-41-16-21-25-10-7-18(2)23-12-13-29(5)46-28(31(23,25)50-49-29)45-26(21)33(35,36)37/h17-20,22-25,27-28,41-42H,6-16H2,1-5H3/t17-,18-,19+,20-,22?,23?,24+,25+,27+,28-,29?,30?,31-,32-/m1/s1. The molecule has 2 aliphatic carbocycles. The van der Waals surface area contributed by atoms with Crippen LogP contribution in [-0.4, -0.2) is 78.8 Å². The summed E-state index contributed by atoms with van der Waals surface area (Å²) in [6, 6.07) is 0. The van der Waals surface area contributed by atoms with E-state index in [9.17, 15) is 18.4 Å². The summed E-state index contributed by atoms with van der Waals surface area (Å²) in [6.07, 6.45) is -9.15. The Labute approximate surface area is 287 Å². The molecule has 4 unspecified atom stereocenters. The van der Waals surface area contributed by atoms with E-state index in [0.717, 1.165) is 0 Å². The Hall–Kier alpha value is -1.24. The van der Waals surface area contributed by atoms with Crippen LogP contribution in [-0.2, 0) is 38.3 Å². The number of rotatable bonds is 7. The largest absolute Gasteiger partial charge is 0.456 e. The average molecular weight is 730 g/mol. The average Bonchev–Trinajstić information content (AvgIpc) is 3.35. The SMILES string of the molecule is C[C@@H]1CC[C@H]2[C@@H](C)[C@](OCCNCC3=C(C(F)(F)F)O[C@@H]4OC5(C)CCC6[C@H](C)CC[C@@H]3[C@]64OO5)(C(F)(F)F)O[C@@H]3O[C@@H](C)CCC1C32OO. The number of hydrogen-bond acceptors (Lipinski definition) is 10. The highest BCUT2D eigenvalue weighted by Gasteiger charge is 2.75. The summed E-state index contributed by atoms with van der Waals surface area (Å²) >= 11 is 0. The van der Waals surface area contributed by atoms with Gasteiger partial charge in [0.05, 0.1) is 12.7 Å². The van der Waals surface area contributed by atoms with E-state index in [4.69, 9.17) is 38.3 Å². The normalized spacial score (nSPS) is 49.0. The van der Waals surface area contributed by atoms with Crippen LogP contribution in [0.2, 0.25) is 0 Å². The fourth-order valence-electron chi connectivity index (χ4n) is 10.7. The van der Waals surface area contributed by atoms with Gasteiger partial charge in [-0.15, -0.1) is 0 Å². The Balaban J connectivity index is 1.12. The molecule has 16 heteroatoms. The highest BCUT2D eigenvalue weighted by molar-refractivity contribution is 5.29. The van der Waals surface area contributed by atoms with Gasteiger partial charge < -0.3 is 29.0 Å². The first kappa shape index (κ1) is 37.1. The Bertz CT molecular complexity index is 1320. The molecule has 0 radical (unpaired) electrons. The second-order valence-corrected chi connectivity index (χ2v) is 16.0. The molecule has 0 aromatic heterocycles. The minimum atomic E-state index is -5.02. The van der Waals surface area contributed by atoms with Crippen molar-refractivity contribution in [2.45, 2.75) is 140 Å². The fourth-order valence-corrected chi connectivity index (χ4v) is 10.7. The van der Waals surface area contributed by atoms with Crippen LogP contribution in [0.15, 0.2) is 11.3 Å². The maximum Gasteiger partial charge on any atom is 0.449 e. The minimum absolute atomic E-state index is 0.0471. The molecule has 14 atom stereocenters. The van der Waals surface area contributed by atoms with E-state index < -0.39 is 83.9 Å². The van der Waals surface area contributed by atoms with Gasteiger partial charge >= 0.3 is 12.4 Å². The van der Waals surface area contributed by atoms with E-state index >= 15 is 13.2 Å². The number of ether oxygens (including phenoxy) is 5. The van der Waals surface area contributed by atoms with Crippen LogP contribution in [0.4, 0.5) is 26.3 Å². The van der Waals surface area contributed by atoms with Crippen LogP contribution in [0.25, 0.3) is 0 Å². The van der Waals surface area contributed by atoms with E-state index in [-0.39, 0.29) is 42.3 Å². The first-order valence-electron chi connectivity index (χ1n) is 18.0. The van der Waals surface area contributed by atoms with Gasteiger partial charge in [-0.25, -0.2) is 14.7 Å². The maximum absolute atomic E-state index is 15.2. The van der Waals surface area contributed by atoms with E-state index in [1.165, 1.54) is 6.92 Å². The lowest BCUT2D eigenvalue weighted by molar-refractivity contribution is -0.557. The number of alkyl halides is 6. The summed E-state index contributed by atoms with van der Waals surface area (Å²) in [5.41, 5.74) is -2.92. The van der Waals surface area contributed by atoms with Crippen LogP contribution in [0.1, 0.15) is 86.0 Å². The number of nitrogens with one attached hydrogen (secondary N) is 1. The topological polar surface area (TPSA) is 106 Å². The first-order valence-corrected chi connectivity index (χ1v) is 18.0. The van der Waals surface area contributed by atoms with Crippen molar-refractivity contribution in [1.82, 2.24) is 5.32 Å². The first-order chi connectivity index (χ1) is 23.4. The predicted octanol–water partition coefficient (Wildman–Crippen LogP) is 7.00. The maximum atomic E-state index is 15.2. The number of allylic oxidation sites excluding steroid dienone is 1. The molecule has 50 heavy (non-hydrogen) atoms. The van der Waals surface area contributed by atoms with Crippen LogP contribution < -0.4 is 5.32 Å². The molecule has 6 aliphatic heterocycles. The third kappa shape index (κ3) is 5.47. The summed E-state index contributed by atoms with van der Waals surface area (Å²) in [7, 11) is 0. The smallest absolute Gasteiger partial charge is 0.449 e. The molecule has 7 fully saturated rings. The Morgan fingerprint density at radius 3 is 2.24 bits per heavy atom. The summed E-state index contributed by atoms with van der Waals surface area (Å²) in [5, 5.41) is 13.2. The van der Waals surface area contributed by atoms with Gasteiger partial charge in [0.15, 0.2) is 17.5 Å². The van der Waals surface area contributed by atoms with Crippen molar-refractivity contribution in [3.63, 3.8) is 0 Å². The van der Waals surface area contributed by atoms with Gasteiger partial charge in [0, 0.05) is 43.2 Å².